The molecule has 9 nitrogen and oxygen atoms in total. The molecule has 0 saturated carbocycles. The Bertz CT molecular complexity index is 1450. The zero-order valence-electron chi connectivity index (χ0n) is 24.6. The Morgan fingerprint density at radius 3 is 2.71 bits per heavy atom. The second-order valence-corrected chi connectivity index (χ2v) is 10.6. The van der Waals surface area contributed by atoms with Crippen LogP contribution in [0.2, 0.25) is 0 Å². The van der Waals surface area contributed by atoms with Crippen LogP contribution in [0.1, 0.15) is 48.9 Å². The molecule has 216 valence electrons. The zero-order chi connectivity index (χ0) is 29.4. The number of amides is 1. The fraction of sp³-hybridized carbons (Fsp3) is 0.375. The van der Waals surface area contributed by atoms with Gasteiger partial charge in [-0.05, 0) is 62.6 Å². The number of likely N-dealkylation sites (N-methyl/N-ethyl adjacent to an activating group) is 1. The van der Waals surface area contributed by atoms with E-state index in [9.17, 15) is 4.79 Å². The van der Waals surface area contributed by atoms with Crippen molar-refractivity contribution in [2.24, 2.45) is 4.99 Å². The third-order valence-corrected chi connectivity index (χ3v) is 7.48. The number of hydrogen-bond donors (Lipinski definition) is 1. The van der Waals surface area contributed by atoms with Crippen LogP contribution in [0.4, 0.5) is 5.82 Å². The summed E-state index contributed by atoms with van der Waals surface area (Å²) in [6.07, 6.45) is 10.8. The first-order chi connectivity index (χ1) is 19.8. The Kier molecular flexibility index (Phi) is 10.1. The van der Waals surface area contributed by atoms with Crippen molar-refractivity contribution < 1.29 is 9.53 Å². The monoisotopic (exact) mass is 555 g/mol. The van der Waals surface area contributed by atoms with Gasteiger partial charge >= 0.3 is 0 Å². The van der Waals surface area contributed by atoms with Crippen molar-refractivity contribution in [3.05, 3.63) is 90.1 Å². The highest BCUT2D eigenvalue weighted by Crippen LogP contribution is 2.35. The predicted molar refractivity (Wildman–Crippen MR) is 166 cm³/mol. The fourth-order valence-corrected chi connectivity index (χ4v) is 5.19. The highest BCUT2D eigenvalue weighted by atomic mass is 16.5. The zero-order valence-corrected chi connectivity index (χ0v) is 24.6. The Labute approximate surface area is 242 Å². The lowest BCUT2D eigenvalue weighted by Gasteiger charge is -2.21. The van der Waals surface area contributed by atoms with Crippen LogP contribution in [-0.2, 0) is 16.0 Å². The number of fused-ring (bicyclic) bond motifs is 1. The van der Waals surface area contributed by atoms with Crippen molar-refractivity contribution >= 4 is 28.7 Å². The number of nitrogens with zero attached hydrogens (tertiary/aromatic N) is 6. The minimum atomic E-state index is 0.130. The number of rotatable bonds is 9. The van der Waals surface area contributed by atoms with Crippen LogP contribution >= 0.6 is 0 Å². The first-order valence-corrected chi connectivity index (χ1v) is 14.0. The molecule has 1 unspecified atom stereocenters. The normalized spacial score (nSPS) is 17.4. The van der Waals surface area contributed by atoms with E-state index in [0.717, 1.165) is 66.0 Å². The molecule has 1 atom stereocenters. The number of benzene rings is 1. The van der Waals surface area contributed by atoms with E-state index in [1.807, 2.05) is 47.9 Å². The van der Waals surface area contributed by atoms with Crippen molar-refractivity contribution in [1.29, 1.82) is 0 Å². The van der Waals surface area contributed by atoms with Crippen molar-refractivity contribution in [3.63, 3.8) is 0 Å². The molecule has 1 aromatic carbocycles. The summed E-state index contributed by atoms with van der Waals surface area (Å²) < 4.78 is 7.47. The topological polar surface area (TPSA) is 101 Å². The van der Waals surface area contributed by atoms with Gasteiger partial charge in [0, 0.05) is 43.4 Å². The van der Waals surface area contributed by atoms with Gasteiger partial charge in [-0.25, -0.2) is 14.5 Å². The maximum absolute atomic E-state index is 12.3. The van der Waals surface area contributed by atoms with E-state index in [1.165, 1.54) is 6.33 Å². The molecule has 41 heavy (non-hydrogen) atoms. The number of carbonyl (C=O) groups excluding carboxylic acids is 1. The van der Waals surface area contributed by atoms with Gasteiger partial charge in [-0.2, -0.15) is 5.10 Å². The number of allylic oxidation sites excluding steroid dienone is 5. The first-order valence-electron chi connectivity index (χ1n) is 14.0. The van der Waals surface area contributed by atoms with E-state index in [1.54, 1.807) is 26.1 Å². The quantitative estimate of drug-likeness (QED) is 0.233. The number of methoxy groups -OCH3 is 1. The minimum Gasteiger partial charge on any atom is -0.484 e. The number of carbonyl (C=O) groups is 1. The van der Waals surface area contributed by atoms with E-state index in [4.69, 9.17) is 10.5 Å². The molecule has 1 aliphatic heterocycles. The van der Waals surface area contributed by atoms with Gasteiger partial charge in [0.15, 0.2) is 11.7 Å². The highest BCUT2D eigenvalue weighted by molar-refractivity contribution is 5.89. The van der Waals surface area contributed by atoms with Crippen molar-refractivity contribution in [1.82, 2.24) is 24.4 Å². The van der Waals surface area contributed by atoms with Gasteiger partial charge in [0.1, 0.15) is 11.8 Å². The SMILES string of the molecule is C=C/C(=C\C=C(/C)N=C(Cc1ccccc1)OC)c1cc(C2CCCN(CC(=O)N(C)C)CC2)n2ncnc(N)c12. The standard InChI is InChI=1S/C32H41N7O2/c1-6-25(15-14-23(2)36-29(41-5)19-24-11-8-7-9-12-24)27-20-28(39-31(27)32(33)34-22-35-39)26-13-10-17-38(18-16-26)21-30(40)37(3)4/h6-9,11-12,14-15,20,22,26H,1,10,13,16-19,21H2,2-5H3,(H2,33,34,35)/b23-14+,25-15+,36-29?. The van der Waals surface area contributed by atoms with Gasteiger partial charge in [0.25, 0.3) is 0 Å². The molecule has 3 aromatic rings. The maximum Gasteiger partial charge on any atom is 0.236 e. The molecular formula is C32H41N7O2. The van der Waals surface area contributed by atoms with Crippen LogP contribution in [0, 0.1) is 0 Å². The summed E-state index contributed by atoms with van der Waals surface area (Å²) in [7, 11) is 5.25. The number of nitrogens with two attached hydrogens (primary N) is 1. The summed E-state index contributed by atoms with van der Waals surface area (Å²) in [6.45, 7) is 8.23. The number of ether oxygens (including phenoxy) is 1. The smallest absolute Gasteiger partial charge is 0.236 e. The van der Waals surface area contributed by atoms with Crippen molar-refractivity contribution in [2.75, 3.05) is 46.6 Å². The summed E-state index contributed by atoms with van der Waals surface area (Å²) >= 11 is 0. The van der Waals surface area contributed by atoms with Gasteiger partial charge in [-0.15, -0.1) is 0 Å². The Balaban J connectivity index is 1.61. The van der Waals surface area contributed by atoms with E-state index < -0.39 is 0 Å². The summed E-state index contributed by atoms with van der Waals surface area (Å²) in [5.41, 5.74) is 12.1. The summed E-state index contributed by atoms with van der Waals surface area (Å²) in [5, 5.41) is 4.60. The number of anilines is 1. The Morgan fingerprint density at radius 1 is 1.22 bits per heavy atom. The van der Waals surface area contributed by atoms with Crippen LogP contribution in [0.3, 0.4) is 0 Å². The Hall–Kier alpha value is -4.24. The van der Waals surface area contributed by atoms with Crippen molar-refractivity contribution in [3.8, 4) is 0 Å². The maximum atomic E-state index is 12.3. The van der Waals surface area contributed by atoms with Crippen molar-refractivity contribution in [2.45, 2.75) is 38.5 Å². The van der Waals surface area contributed by atoms with Gasteiger partial charge in [0.05, 0.1) is 13.7 Å². The molecule has 4 rings (SSSR count). The van der Waals surface area contributed by atoms with Crippen LogP contribution in [0.5, 0.6) is 0 Å². The molecule has 1 aliphatic rings. The van der Waals surface area contributed by atoms with Crippen LogP contribution in [0.15, 0.2) is 78.2 Å². The molecule has 1 saturated heterocycles. The molecule has 9 heteroatoms. The molecule has 1 amide bonds. The average molecular weight is 556 g/mol. The highest BCUT2D eigenvalue weighted by Gasteiger charge is 2.25. The third-order valence-electron chi connectivity index (χ3n) is 7.48. The summed E-state index contributed by atoms with van der Waals surface area (Å²) in [5.74, 6) is 1.47. The second-order valence-electron chi connectivity index (χ2n) is 10.6. The molecule has 0 radical (unpaired) electrons. The van der Waals surface area contributed by atoms with E-state index in [2.05, 4.69) is 44.8 Å². The average Bonchev–Trinajstić information content (AvgIpc) is 3.20. The largest absolute Gasteiger partial charge is 0.484 e. The molecule has 2 aromatic heterocycles. The summed E-state index contributed by atoms with van der Waals surface area (Å²) in [4.78, 5) is 25.2. The van der Waals surface area contributed by atoms with E-state index in [-0.39, 0.29) is 11.8 Å². The second kappa shape index (κ2) is 13.9. The van der Waals surface area contributed by atoms with Crippen LogP contribution in [-0.4, -0.2) is 77.0 Å². The lowest BCUT2D eigenvalue weighted by molar-refractivity contribution is -0.129. The third kappa shape index (κ3) is 7.49. The number of aromatic nitrogens is 3. The number of hydrogen-bond acceptors (Lipinski definition) is 7. The Morgan fingerprint density at radius 2 is 2.00 bits per heavy atom. The number of nitrogen functional groups attached to an aromatic ring is 1. The van der Waals surface area contributed by atoms with E-state index >= 15 is 0 Å². The minimum absolute atomic E-state index is 0.130. The van der Waals surface area contributed by atoms with E-state index in [0.29, 0.717) is 24.7 Å². The molecule has 0 aliphatic carbocycles. The fourth-order valence-electron chi connectivity index (χ4n) is 5.19. The van der Waals surface area contributed by atoms with Gasteiger partial charge < -0.3 is 15.4 Å². The summed E-state index contributed by atoms with van der Waals surface area (Å²) in [6, 6.07) is 12.3. The van der Waals surface area contributed by atoms with Gasteiger partial charge in [0.2, 0.25) is 5.91 Å². The molecule has 1 fully saturated rings. The molecular weight excluding hydrogens is 514 g/mol. The molecule has 0 spiro atoms. The predicted octanol–water partition coefficient (Wildman–Crippen LogP) is 4.73. The first kappa shape index (κ1) is 29.7. The molecule has 2 N–H and O–H groups in total. The lowest BCUT2D eigenvalue weighted by atomic mass is 9.96. The van der Waals surface area contributed by atoms with Gasteiger partial charge in [-0.1, -0.05) is 49.1 Å². The van der Waals surface area contributed by atoms with Crippen LogP contribution in [0.25, 0.3) is 11.1 Å². The lowest BCUT2D eigenvalue weighted by Crippen LogP contribution is -2.37. The van der Waals surface area contributed by atoms with Gasteiger partial charge in [-0.3, -0.25) is 9.69 Å². The van der Waals surface area contributed by atoms with Crippen LogP contribution < -0.4 is 5.73 Å². The number of likely N-dealkylation sites (tertiary alicyclic amines) is 1. The molecule has 3 heterocycles. The number of aliphatic imine (C=N–C) groups is 1. The molecule has 0 bridgehead atoms.